The third-order valence-corrected chi connectivity index (χ3v) is 3.17. The number of aromatic nitrogens is 2. The summed E-state index contributed by atoms with van der Waals surface area (Å²) < 4.78 is 6.44. The second-order valence-corrected chi connectivity index (χ2v) is 4.61. The molecule has 2 aliphatic rings. The van der Waals surface area contributed by atoms with Crippen molar-refractivity contribution in [3.8, 4) is 0 Å². The van der Waals surface area contributed by atoms with Crippen LogP contribution >= 0.6 is 15.9 Å². The van der Waals surface area contributed by atoms with Crippen LogP contribution in [0, 0.1) is 0 Å². The number of anilines is 1. The summed E-state index contributed by atoms with van der Waals surface area (Å²) in [6.45, 7) is 1.76. The number of nitrogens with zero attached hydrogens (tertiary/aromatic N) is 3. The average molecular weight is 256 g/mol. The second kappa shape index (κ2) is 3.17. The number of hydrogen-bond acceptors (Lipinski definition) is 4. The minimum absolute atomic E-state index is 0.396. The normalized spacial score (nSPS) is 29.9. The molecule has 2 saturated heterocycles. The van der Waals surface area contributed by atoms with E-state index in [1.165, 1.54) is 0 Å². The highest BCUT2D eigenvalue weighted by Crippen LogP contribution is 2.30. The Kier molecular flexibility index (Phi) is 1.95. The molecule has 1 aromatic rings. The first-order chi connectivity index (χ1) is 6.83. The number of hydrogen-bond donors (Lipinski definition) is 0. The molecule has 4 nitrogen and oxygen atoms in total. The zero-order chi connectivity index (χ0) is 9.54. The molecular formula is C9H10BrN3O. The molecule has 2 atom stereocenters. The summed E-state index contributed by atoms with van der Waals surface area (Å²) in [6.07, 6.45) is 5.09. The van der Waals surface area contributed by atoms with Gasteiger partial charge in [-0.2, -0.15) is 0 Å². The lowest BCUT2D eigenvalue weighted by Crippen LogP contribution is -2.38. The Morgan fingerprint density at radius 1 is 1.43 bits per heavy atom. The van der Waals surface area contributed by atoms with Crippen molar-refractivity contribution in [3.63, 3.8) is 0 Å². The third kappa shape index (κ3) is 1.31. The summed E-state index contributed by atoms with van der Waals surface area (Å²) >= 11 is 3.33. The highest BCUT2D eigenvalue weighted by molar-refractivity contribution is 9.10. The zero-order valence-corrected chi connectivity index (χ0v) is 9.14. The first kappa shape index (κ1) is 8.61. The number of ether oxygens (including phenoxy) is 1. The van der Waals surface area contributed by atoms with Crippen molar-refractivity contribution in [1.82, 2.24) is 9.97 Å². The molecule has 3 heterocycles. The molecule has 2 aliphatic heterocycles. The largest absolute Gasteiger partial charge is 0.374 e. The van der Waals surface area contributed by atoms with E-state index in [-0.39, 0.29) is 0 Å². The second-order valence-electron chi connectivity index (χ2n) is 3.70. The van der Waals surface area contributed by atoms with Gasteiger partial charge in [-0.25, -0.2) is 9.97 Å². The van der Waals surface area contributed by atoms with Crippen LogP contribution in [0.4, 0.5) is 5.95 Å². The Morgan fingerprint density at radius 3 is 2.79 bits per heavy atom. The molecule has 0 aliphatic carbocycles. The van der Waals surface area contributed by atoms with Gasteiger partial charge in [-0.1, -0.05) is 0 Å². The van der Waals surface area contributed by atoms with Crippen molar-refractivity contribution in [2.75, 3.05) is 18.1 Å². The fourth-order valence-corrected chi connectivity index (χ4v) is 2.30. The predicted octanol–water partition coefficient (Wildman–Crippen LogP) is 1.22. The lowest BCUT2D eigenvalue weighted by Gasteiger charge is -2.26. The maximum atomic E-state index is 5.52. The van der Waals surface area contributed by atoms with Crippen LogP contribution in [0.25, 0.3) is 0 Å². The van der Waals surface area contributed by atoms with Crippen molar-refractivity contribution >= 4 is 21.9 Å². The molecule has 2 unspecified atom stereocenters. The first-order valence-corrected chi connectivity index (χ1v) is 5.48. The maximum Gasteiger partial charge on any atom is 0.225 e. The fraction of sp³-hybridized carbons (Fsp3) is 0.556. The quantitative estimate of drug-likeness (QED) is 0.757. The Balaban J connectivity index is 1.86. The van der Waals surface area contributed by atoms with Crippen molar-refractivity contribution < 1.29 is 4.74 Å². The molecule has 0 amide bonds. The molecule has 2 bridgehead atoms. The van der Waals surface area contributed by atoms with Gasteiger partial charge in [0.1, 0.15) is 0 Å². The van der Waals surface area contributed by atoms with E-state index in [0.29, 0.717) is 12.1 Å². The summed E-state index contributed by atoms with van der Waals surface area (Å²) in [5.41, 5.74) is 0. The number of halogens is 1. The minimum atomic E-state index is 0.396. The molecular weight excluding hydrogens is 246 g/mol. The summed E-state index contributed by atoms with van der Waals surface area (Å²) in [7, 11) is 0. The Hall–Kier alpha value is -0.680. The zero-order valence-electron chi connectivity index (χ0n) is 7.56. The molecule has 3 rings (SSSR count). The standard InChI is InChI=1S/C9H10BrN3O/c10-6-2-11-9(12-3-6)13-4-8-1-7(13)5-14-8/h2-3,7-8H,1,4-5H2. The van der Waals surface area contributed by atoms with E-state index in [2.05, 4.69) is 30.8 Å². The van der Waals surface area contributed by atoms with Gasteiger partial charge < -0.3 is 9.64 Å². The molecule has 0 aromatic carbocycles. The van der Waals surface area contributed by atoms with Crippen LogP contribution in [-0.2, 0) is 4.74 Å². The van der Waals surface area contributed by atoms with E-state index < -0.39 is 0 Å². The summed E-state index contributed by atoms with van der Waals surface area (Å²) in [6, 6.07) is 0.487. The number of morpholine rings is 1. The van der Waals surface area contributed by atoms with Gasteiger partial charge in [-0.3, -0.25) is 0 Å². The van der Waals surface area contributed by atoms with E-state index in [1.807, 2.05) is 0 Å². The van der Waals surface area contributed by atoms with Crippen LogP contribution in [0.1, 0.15) is 6.42 Å². The summed E-state index contributed by atoms with van der Waals surface area (Å²) in [5.74, 6) is 0.823. The maximum absolute atomic E-state index is 5.52. The Labute approximate surface area is 90.4 Å². The third-order valence-electron chi connectivity index (χ3n) is 2.76. The molecule has 2 fully saturated rings. The van der Waals surface area contributed by atoms with E-state index in [0.717, 1.165) is 30.0 Å². The van der Waals surface area contributed by atoms with Gasteiger partial charge in [0.05, 0.1) is 23.2 Å². The first-order valence-electron chi connectivity index (χ1n) is 4.69. The molecule has 0 radical (unpaired) electrons. The van der Waals surface area contributed by atoms with E-state index >= 15 is 0 Å². The molecule has 5 heteroatoms. The van der Waals surface area contributed by atoms with Gasteiger partial charge in [-0.15, -0.1) is 0 Å². The number of fused-ring (bicyclic) bond motifs is 2. The average Bonchev–Trinajstić information content (AvgIpc) is 2.80. The van der Waals surface area contributed by atoms with Crippen molar-refractivity contribution in [2.24, 2.45) is 0 Å². The predicted molar refractivity (Wildman–Crippen MR) is 55.2 cm³/mol. The van der Waals surface area contributed by atoms with Gasteiger partial charge in [0, 0.05) is 18.9 Å². The van der Waals surface area contributed by atoms with E-state index in [4.69, 9.17) is 4.74 Å². The highest BCUT2D eigenvalue weighted by Gasteiger charge is 2.40. The Morgan fingerprint density at radius 2 is 2.21 bits per heavy atom. The molecule has 1 aromatic heterocycles. The molecule has 0 N–H and O–H groups in total. The van der Waals surface area contributed by atoms with Gasteiger partial charge in [-0.05, 0) is 22.4 Å². The highest BCUT2D eigenvalue weighted by atomic mass is 79.9. The van der Waals surface area contributed by atoms with Crippen molar-refractivity contribution in [3.05, 3.63) is 16.9 Å². The number of rotatable bonds is 1. The monoisotopic (exact) mass is 255 g/mol. The van der Waals surface area contributed by atoms with Crippen LogP contribution < -0.4 is 4.90 Å². The molecule has 0 spiro atoms. The van der Waals surface area contributed by atoms with Crippen LogP contribution in [0.5, 0.6) is 0 Å². The fourth-order valence-electron chi connectivity index (χ4n) is 2.10. The lowest BCUT2D eigenvalue weighted by molar-refractivity contribution is 0.0986. The SMILES string of the molecule is Brc1cnc(N2CC3CC2CO3)nc1. The molecule has 74 valence electrons. The van der Waals surface area contributed by atoms with Crippen LogP contribution in [0.3, 0.4) is 0 Å². The summed E-state index contributed by atoms with van der Waals surface area (Å²) in [4.78, 5) is 10.8. The topological polar surface area (TPSA) is 38.2 Å². The minimum Gasteiger partial charge on any atom is -0.374 e. The van der Waals surface area contributed by atoms with Gasteiger partial charge in [0.25, 0.3) is 0 Å². The summed E-state index contributed by atoms with van der Waals surface area (Å²) in [5, 5.41) is 0. The van der Waals surface area contributed by atoms with E-state index in [1.54, 1.807) is 12.4 Å². The van der Waals surface area contributed by atoms with Gasteiger partial charge in [0.2, 0.25) is 5.95 Å². The van der Waals surface area contributed by atoms with Crippen LogP contribution in [0.15, 0.2) is 16.9 Å². The molecule has 14 heavy (non-hydrogen) atoms. The smallest absolute Gasteiger partial charge is 0.225 e. The lowest BCUT2D eigenvalue weighted by atomic mass is 10.2. The Bertz CT molecular complexity index is 342. The van der Waals surface area contributed by atoms with Crippen LogP contribution in [0.2, 0.25) is 0 Å². The molecule has 0 saturated carbocycles. The van der Waals surface area contributed by atoms with Gasteiger partial charge >= 0.3 is 0 Å². The van der Waals surface area contributed by atoms with Crippen LogP contribution in [-0.4, -0.2) is 35.3 Å². The van der Waals surface area contributed by atoms with E-state index in [9.17, 15) is 0 Å². The van der Waals surface area contributed by atoms with Crippen molar-refractivity contribution in [1.29, 1.82) is 0 Å². The van der Waals surface area contributed by atoms with Crippen molar-refractivity contribution in [2.45, 2.75) is 18.6 Å². The van der Waals surface area contributed by atoms with Gasteiger partial charge in [0.15, 0.2) is 0 Å².